The van der Waals surface area contributed by atoms with Crippen molar-refractivity contribution < 1.29 is 0 Å². The molecule has 0 radical (unpaired) electrons. The van der Waals surface area contributed by atoms with Crippen molar-refractivity contribution >= 4 is 0 Å². The predicted octanol–water partition coefficient (Wildman–Crippen LogP) is 0.668. The maximum Gasteiger partial charge on any atom is 0.0693 e. The molecule has 13 heavy (non-hydrogen) atoms. The summed E-state index contributed by atoms with van der Waals surface area (Å²) in [4.78, 5) is 1.78. The lowest BCUT2D eigenvalue weighted by atomic mass is 9.95. The summed E-state index contributed by atoms with van der Waals surface area (Å²) >= 11 is 0. The number of nitrogens with zero attached hydrogens (tertiary/aromatic N) is 3. The Kier molecular flexibility index (Phi) is 2.92. The zero-order chi connectivity index (χ0) is 8.93. The van der Waals surface area contributed by atoms with Crippen LogP contribution < -0.4 is 5.32 Å². The van der Waals surface area contributed by atoms with Crippen molar-refractivity contribution in [2.45, 2.75) is 25.8 Å². The summed E-state index contributed by atoms with van der Waals surface area (Å²) in [6.45, 7) is 3.33. The third-order valence-electron chi connectivity index (χ3n) is 2.66. The lowest BCUT2D eigenvalue weighted by Gasteiger charge is -2.21. The second-order valence-electron chi connectivity index (χ2n) is 3.61. The molecule has 0 saturated carbocycles. The molecule has 72 valence electrons. The van der Waals surface area contributed by atoms with Gasteiger partial charge >= 0.3 is 0 Å². The molecule has 0 aliphatic carbocycles. The van der Waals surface area contributed by atoms with E-state index < -0.39 is 0 Å². The lowest BCUT2D eigenvalue weighted by Crippen LogP contribution is -2.28. The first-order valence-corrected chi connectivity index (χ1v) is 5.00. The zero-order valence-electron chi connectivity index (χ0n) is 7.82. The molecule has 1 aromatic rings. The van der Waals surface area contributed by atoms with Gasteiger partial charge in [-0.1, -0.05) is 0 Å². The third-order valence-corrected chi connectivity index (χ3v) is 2.66. The summed E-state index contributed by atoms with van der Waals surface area (Å²) in [6.07, 6.45) is 7.31. The molecule has 2 rings (SSSR count). The SMILES string of the molecule is c1cnn(CCC2CCNCC2)n1. The number of aryl methyl sites for hydroxylation is 1. The van der Waals surface area contributed by atoms with Gasteiger partial charge in [0.2, 0.25) is 0 Å². The van der Waals surface area contributed by atoms with E-state index in [2.05, 4.69) is 15.5 Å². The van der Waals surface area contributed by atoms with Gasteiger partial charge in [0, 0.05) is 0 Å². The predicted molar refractivity (Wildman–Crippen MR) is 50.2 cm³/mol. The molecule has 1 aliphatic rings. The first kappa shape index (κ1) is 8.69. The molecule has 1 aromatic heterocycles. The Balaban J connectivity index is 1.72. The minimum atomic E-state index is 0.868. The minimum Gasteiger partial charge on any atom is -0.317 e. The van der Waals surface area contributed by atoms with Crippen LogP contribution in [0.5, 0.6) is 0 Å². The van der Waals surface area contributed by atoms with Crippen LogP contribution in [-0.2, 0) is 6.54 Å². The number of hydrogen-bond donors (Lipinski definition) is 1. The molecule has 0 atom stereocenters. The highest BCUT2D eigenvalue weighted by atomic mass is 15.5. The topological polar surface area (TPSA) is 42.7 Å². The highest BCUT2D eigenvalue weighted by Gasteiger charge is 2.12. The third kappa shape index (κ3) is 2.52. The van der Waals surface area contributed by atoms with Crippen LogP contribution in [0.4, 0.5) is 0 Å². The molecule has 1 N–H and O–H groups in total. The smallest absolute Gasteiger partial charge is 0.0693 e. The quantitative estimate of drug-likeness (QED) is 0.743. The van der Waals surface area contributed by atoms with Crippen LogP contribution >= 0.6 is 0 Å². The second-order valence-corrected chi connectivity index (χ2v) is 3.61. The van der Waals surface area contributed by atoms with E-state index in [1.54, 1.807) is 17.2 Å². The molecular weight excluding hydrogens is 164 g/mol. The molecule has 4 heteroatoms. The molecule has 2 heterocycles. The van der Waals surface area contributed by atoms with Crippen molar-refractivity contribution in [1.82, 2.24) is 20.3 Å². The van der Waals surface area contributed by atoms with Crippen LogP contribution in [0.25, 0.3) is 0 Å². The van der Waals surface area contributed by atoms with Gasteiger partial charge in [-0.2, -0.15) is 15.0 Å². The highest BCUT2D eigenvalue weighted by Crippen LogP contribution is 2.15. The summed E-state index contributed by atoms with van der Waals surface area (Å²) < 4.78 is 0. The molecule has 0 aromatic carbocycles. The van der Waals surface area contributed by atoms with Crippen molar-refractivity contribution in [3.8, 4) is 0 Å². The van der Waals surface area contributed by atoms with Crippen molar-refractivity contribution in [1.29, 1.82) is 0 Å². The van der Waals surface area contributed by atoms with Crippen LogP contribution in [0.2, 0.25) is 0 Å². The van der Waals surface area contributed by atoms with Crippen LogP contribution in [0, 0.1) is 5.92 Å². The summed E-state index contributed by atoms with van der Waals surface area (Å²) in [5, 5.41) is 11.6. The van der Waals surface area contributed by atoms with E-state index >= 15 is 0 Å². The summed E-state index contributed by atoms with van der Waals surface area (Å²) in [5.41, 5.74) is 0. The van der Waals surface area contributed by atoms with Crippen LogP contribution in [0.1, 0.15) is 19.3 Å². The molecule has 0 bridgehead atoms. The maximum absolute atomic E-state index is 4.09. The van der Waals surface area contributed by atoms with Crippen LogP contribution in [0.15, 0.2) is 12.4 Å². The van der Waals surface area contributed by atoms with E-state index in [1.807, 2.05) is 0 Å². The summed E-state index contributed by atoms with van der Waals surface area (Å²) in [7, 11) is 0. The molecule has 1 aliphatic heterocycles. The fourth-order valence-corrected chi connectivity index (χ4v) is 1.83. The summed E-state index contributed by atoms with van der Waals surface area (Å²) in [6, 6.07) is 0. The van der Waals surface area contributed by atoms with Gasteiger partial charge in [-0.25, -0.2) is 0 Å². The molecular formula is C9H16N4. The maximum atomic E-state index is 4.09. The largest absolute Gasteiger partial charge is 0.317 e. The van der Waals surface area contributed by atoms with Gasteiger partial charge in [-0.15, -0.1) is 0 Å². The second kappa shape index (κ2) is 4.37. The van der Waals surface area contributed by atoms with Crippen molar-refractivity contribution in [3.05, 3.63) is 12.4 Å². The molecule has 1 saturated heterocycles. The van der Waals surface area contributed by atoms with E-state index in [4.69, 9.17) is 0 Å². The van der Waals surface area contributed by atoms with E-state index in [1.165, 1.54) is 32.4 Å². The van der Waals surface area contributed by atoms with Crippen molar-refractivity contribution in [2.75, 3.05) is 13.1 Å². The van der Waals surface area contributed by atoms with Gasteiger partial charge < -0.3 is 5.32 Å². The van der Waals surface area contributed by atoms with E-state index in [-0.39, 0.29) is 0 Å². The first-order chi connectivity index (χ1) is 6.45. The fourth-order valence-electron chi connectivity index (χ4n) is 1.83. The van der Waals surface area contributed by atoms with Gasteiger partial charge in [0.05, 0.1) is 18.9 Å². The number of nitrogens with one attached hydrogen (secondary N) is 1. The minimum absolute atomic E-state index is 0.868. The Bertz CT molecular complexity index is 226. The molecule has 0 unspecified atom stereocenters. The number of piperidine rings is 1. The Morgan fingerprint density at radius 2 is 1.92 bits per heavy atom. The first-order valence-electron chi connectivity index (χ1n) is 5.00. The number of hydrogen-bond acceptors (Lipinski definition) is 3. The van der Waals surface area contributed by atoms with E-state index in [0.717, 1.165) is 12.5 Å². The Morgan fingerprint density at radius 3 is 2.62 bits per heavy atom. The highest BCUT2D eigenvalue weighted by molar-refractivity contribution is 4.68. The molecule has 1 fully saturated rings. The van der Waals surface area contributed by atoms with Crippen LogP contribution in [0.3, 0.4) is 0 Å². The van der Waals surface area contributed by atoms with Crippen molar-refractivity contribution in [2.24, 2.45) is 5.92 Å². The molecule has 4 nitrogen and oxygen atoms in total. The standard InChI is InChI=1S/C9H16N4/c1-4-10-5-2-9(1)3-8-13-11-6-7-12-13/h6-7,9-10H,1-5,8H2. The Hall–Kier alpha value is -0.900. The Labute approximate surface area is 78.3 Å². The average Bonchev–Trinajstić information content (AvgIpc) is 2.69. The average molecular weight is 180 g/mol. The zero-order valence-corrected chi connectivity index (χ0v) is 7.82. The summed E-state index contributed by atoms with van der Waals surface area (Å²) in [5.74, 6) is 0.868. The van der Waals surface area contributed by atoms with Gasteiger partial charge in [0.15, 0.2) is 0 Å². The van der Waals surface area contributed by atoms with Gasteiger partial charge in [0.25, 0.3) is 0 Å². The van der Waals surface area contributed by atoms with E-state index in [9.17, 15) is 0 Å². The number of aromatic nitrogens is 3. The molecule has 0 spiro atoms. The van der Waals surface area contributed by atoms with Gasteiger partial charge in [-0.3, -0.25) is 0 Å². The molecule has 0 amide bonds. The van der Waals surface area contributed by atoms with Gasteiger partial charge in [-0.05, 0) is 38.3 Å². The Morgan fingerprint density at radius 1 is 1.23 bits per heavy atom. The fraction of sp³-hybridized carbons (Fsp3) is 0.778. The van der Waals surface area contributed by atoms with Gasteiger partial charge in [0.1, 0.15) is 0 Å². The number of rotatable bonds is 3. The van der Waals surface area contributed by atoms with Crippen molar-refractivity contribution in [3.63, 3.8) is 0 Å². The lowest BCUT2D eigenvalue weighted by molar-refractivity contribution is 0.323. The van der Waals surface area contributed by atoms with Crippen LogP contribution in [-0.4, -0.2) is 28.1 Å². The van der Waals surface area contributed by atoms with E-state index in [0.29, 0.717) is 0 Å². The normalized spacial score (nSPS) is 19.1. The monoisotopic (exact) mass is 180 g/mol.